The lowest BCUT2D eigenvalue weighted by molar-refractivity contribution is 0.354. The molecule has 0 spiro atoms. The molecule has 1 heteroatoms. The molecule has 2 N–H and O–H groups in total. The van der Waals surface area contributed by atoms with Gasteiger partial charge in [0.2, 0.25) is 0 Å². The van der Waals surface area contributed by atoms with Gasteiger partial charge in [0.15, 0.2) is 0 Å². The number of hydrogen-bond acceptors (Lipinski definition) is 1. The van der Waals surface area contributed by atoms with Crippen LogP contribution in [-0.4, -0.2) is 5.54 Å². The second kappa shape index (κ2) is 4.99. The smallest absolute Gasteiger partial charge is 0.0241 e. The highest BCUT2D eigenvalue weighted by Crippen LogP contribution is 2.40. The van der Waals surface area contributed by atoms with E-state index in [1.165, 1.54) is 30.4 Å². The molecule has 0 heterocycles. The van der Waals surface area contributed by atoms with E-state index in [4.69, 9.17) is 5.73 Å². The van der Waals surface area contributed by atoms with Crippen molar-refractivity contribution in [2.45, 2.75) is 50.0 Å². The molecule has 2 aliphatic rings. The van der Waals surface area contributed by atoms with Gasteiger partial charge in [0, 0.05) is 5.54 Å². The van der Waals surface area contributed by atoms with Crippen molar-refractivity contribution in [2.24, 2.45) is 5.73 Å². The fraction of sp³-hybridized carbons (Fsp3) is 0.400. The van der Waals surface area contributed by atoms with Crippen LogP contribution in [0, 0.1) is 0 Å². The Bertz CT molecular complexity index is 633. The van der Waals surface area contributed by atoms with E-state index in [2.05, 4.69) is 48.5 Å². The van der Waals surface area contributed by atoms with Crippen LogP contribution in [0.15, 0.2) is 48.5 Å². The average molecular weight is 277 g/mol. The highest BCUT2D eigenvalue weighted by molar-refractivity contribution is 5.38. The van der Waals surface area contributed by atoms with E-state index in [9.17, 15) is 0 Å². The first-order valence-corrected chi connectivity index (χ1v) is 8.17. The first-order chi connectivity index (χ1) is 10.2. The molecular weight excluding hydrogens is 254 g/mol. The highest BCUT2D eigenvalue weighted by atomic mass is 14.8. The van der Waals surface area contributed by atoms with Gasteiger partial charge in [0.25, 0.3) is 0 Å². The standard InChI is InChI=1S/C20H23N/c21-20(12-16-7-1-2-8-17(16)13-20)14-18-10-5-9-15-6-3-4-11-19(15)18/h1-4,6-8,11,18H,5,9-10,12-14,21H2. The van der Waals surface area contributed by atoms with Crippen LogP contribution in [0.4, 0.5) is 0 Å². The lowest BCUT2D eigenvalue weighted by atomic mass is 9.75. The van der Waals surface area contributed by atoms with Gasteiger partial charge in [-0.05, 0) is 66.7 Å². The SMILES string of the molecule is NC1(CC2CCCc3ccccc32)Cc2ccccc2C1. The van der Waals surface area contributed by atoms with Crippen LogP contribution in [0.25, 0.3) is 0 Å². The monoisotopic (exact) mass is 277 g/mol. The van der Waals surface area contributed by atoms with Gasteiger partial charge in [-0.2, -0.15) is 0 Å². The Hall–Kier alpha value is -1.60. The third kappa shape index (κ3) is 2.40. The zero-order chi connectivity index (χ0) is 14.3. The van der Waals surface area contributed by atoms with Gasteiger partial charge in [0.05, 0.1) is 0 Å². The molecule has 0 bridgehead atoms. The summed E-state index contributed by atoms with van der Waals surface area (Å²) in [5.74, 6) is 0.647. The minimum Gasteiger partial charge on any atom is -0.324 e. The van der Waals surface area contributed by atoms with Crippen LogP contribution in [0.2, 0.25) is 0 Å². The van der Waals surface area contributed by atoms with Crippen molar-refractivity contribution in [3.63, 3.8) is 0 Å². The van der Waals surface area contributed by atoms with Crippen molar-refractivity contribution in [3.8, 4) is 0 Å². The van der Waals surface area contributed by atoms with Crippen LogP contribution in [0.1, 0.15) is 47.4 Å². The maximum Gasteiger partial charge on any atom is 0.0241 e. The largest absolute Gasteiger partial charge is 0.324 e. The second-order valence-electron chi connectivity index (χ2n) is 6.98. The summed E-state index contributed by atoms with van der Waals surface area (Å²) < 4.78 is 0. The summed E-state index contributed by atoms with van der Waals surface area (Å²) in [6.07, 6.45) is 7.06. The minimum atomic E-state index is -0.0429. The van der Waals surface area contributed by atoms with Crippen LogP contribution in [0.5, 0.6) is 0 Å². The molecule has 0 saturated heterocycles. The lowest BCUT2D eigenvalue weighted by Crippen LogP contribution is -2.42. The van der Waals surface area contributed by atoms with Gasteiger partial charge in [-0.25, -0.2) is 0 Å². The van der Waals surface area contributed by atoms with Gasteiger partial charge < -0.3 is 5.73 Å². The van der Waals surface area contributed by atoms with Gasteiger partial charge >= 0.3 is 0 Å². The fourth-order valence-corrected chi connectivity index (χ4v) is 4.43. The van der Waals surface area contributed by atoms with Crippen molar-refractivity contribution in [1.82, 2.24) is 0 Å². The van der Waals surface area contributed by atoms with Crippen molar-refractivity contribution < 1.29 is 0 Å². The molecule has 108 valence electrons. The van der Waals surface area contributed by atoms with Crippen LogP contribution in [0.3, 0.4) is 0 Å². The number of nitrogens with two attached hydrogens (primary N) is 1. The molecule has 0 fully saturated rings. The molecule has 2 aliphatic carbocycles. The summed E-state index contributed by atoms with van der Waals surface area (Å²) in [5.41, 5.74) is 12.8. The van der Waals surface area contributed by atoms with Crippen LogP contribution >= 0.6 is 0 Å². The number of benzene rings is 2. The van der Waals surface area contributed by atoms with Gasteiger partial charge in [0.1, 0.15) is 0 Å². The van der Waals surface area contributed by atoms with Gasteiger partial charge in [-0.15, -0.1) is 0 Å². The topological polar surface area (TPSA) is 26.0 Å². The van der Waals surface area contributed by atoms with Crippen molar-refractivity contribution in [2.75, 3.05) is 0 Å². The Morgan fingerprint density at radius 1 is 0.905 bits per heavy atom. The fourth-order valence-electron chi connectivity index (χ4n) is 4.43. The summed E-state index contributed by atoms with van der Waals surface area (Å²) in [6, 6.07) is 17.8. The molecule has 0 aliphatic heterocycles. The van der Waals surface area contributed by atoms with Crippen molar-refractivity contribution >= 4 is 0 Å². The third-order valence-corrected chi connectivity index (χ3v) is 5.35. The zero-order valence-electron chi connectivity index (χ0n) is 12.5. The predicted octanol–water partition coefficient (Wildman–Crippen LogP) is 3.99. The second-order valence-corrected chi connectivity index (χ2v) is 6.98. The first kappa shape index (κ1) is 13.1. The van der Waals surface area contributed by atoms with Crippen molar-refractivity contribution in [3.05, 3.63) is 70.8 Å². The molecule has 0 amide bonds. The Kier molecular flexibility index (Phi) is 3.11. The van der Waals surface area contributed by atoms with E-state index in [1.54, 1.807) is 11.1 Å². The Morgan fingerprint density at radius 2 is 1.52 bits per heavy atom. The average Bonchev–Trinajstić information content (AvgIpc) is 2.83. The molecule has 4 rings (SSSR count). The Morgan fingerprint density at radius 3 is 2.24 bits per heavy atom. The summed E-state index contributed by atoms with van der Waals surface area (Å²) in [6.45, 7) is 0. The number of aryl methyl sites for hydroxylation is 1. The third-order valence-electron chi connectivity index (χ3n) is 5.35. The van der Waals surface area contributed by atoms with E-state index in [0.29, 0.717) is 5.92 Å². The summed E-state index contributed by atoms with van der Waals surface area (Å²) in [5, 5.41) is 0. The molecule has 0 radical (unpaired) electrons. The lowest BCUT2D eigenvalue weighted by Gasteiger charge is -2.33. The van der Waals surface area contributed by atoms with Gasteiger partial charge in [-0.1, -0.05) is 48.5 Å². The molecular formula is C20H23N. The molecule has 1 atom stereocenters. The van der Waals surface area contributed by atoms with E-state index in [-0.39, 0.29) is 5.54 Å². The predicted molar refractivity (Wildman–Crippen MR) is 87.5 cm³/mol. The van der Waals surface area contributed by atoms with Crippen molar-refractivity contribution in [1.29, 1.82) is 0 Å². The molecule has 0 aromatic heterocycles. The highest BCUT2D eigenvalue weighted by Gasteiger charge is 2.36. The molecule has 1 unspecified atom stereocenters. The first-order valence-electron chi connectivity index (χ1n) is 8.17. The Labute approximate surface area is 127 Å². The van der Waals surface area contributed by atoms with Crippen LogP contribution < -0.4 is 5.73 Å². The molecule has 1 nitrogen and oxygen atoms in total. The maximum atomic E-state index is 6.80. The van der Waals surface area contributed by atoms with E-state index < -0.39 is 0 Å². The van der Waals surface area contributed by atoms with Crippen LogP contribution in [-0.2, 0) is 19.3 Å². The number of rotatable bonds is 2. The summed E-state index contributed by atoms with van der Waals surface area (Å²) in [7, 11) is 0. The maximum absolute atomic E-state index is 6.80. The number of hydrogen-bond donors (Lipinski definition) is 1. The minimum absolute atomic E-state index is 0.0429. The normalized spacial score (nSPS) is 22.6. The number of fused-ring (bicyclic) bond motifs is 2. The van der Waals surface area contributed by atoms with E-state index in [1.807, 2.05) is 0 Å². The quantitative estimate of drug-likeness (QED) is 0.882. The molecule has 2 aromatic carbocycles. The molecule has 21 heavy (non-hydrogen) atoms. The van der Waals surface area contributed by atoms with E-state index in [0.717, 1.165) is 19.3 Å². The molecule has 0 saturated carbocycles. The zero-order valence-corrected chi connectivity index (χ0v) is 12.5. The summed E-state index contributed by atoms with van der Waals surface area (Å²) >= 11 is 0. The Balaban J connectivity index is 1.58. The van der Waals surface area contributed by atoms with Gasteiger partial charge in [-0.3, -0.25) is 0 Å². The molecule has 2 aromatic rings. The van der Waals surface area contributed by atoms with E-state index >= 15 is 0 Å². The summed E-state index contributed by atoms with van der Waals surface area (Å²) in [4.78, 5) is 0.